The number of nitrogens with zero attached hydrogens (tertiary/aromatic N) is 3. The van der Waals surface area contributed by atoms with Gasteiger partial charge in [-0.2, -0.15) is 0 Å². The van der Waals surface area contributed by atoms with Crippen molar-refractivity contribution in [2.45, 2.75) is 20.3 Å². The minimum Gasteiger partial charge on any atom is -0.369 e. The number of pyridine rings is 1. The summed E-state index contributed by atoms with van der Waals surface area (Å²) in [5, 5.41) is 3.27. The van der Waals surface area contributed by atoms with Gasteiger partial charge in [-0.05, 0) is 36.1 Å². The molecule has 0 bridgehead atoms. The van der Waals surface area contributed by atoms with Gasteiger partial charge in [-0.3, -0.25) is 18.9 Å². The monoisotopic (exact) mass is 464 g/mol. The lowest BCUT2D eigenvalue weighted by atomic mass is 10.1. The maximum Gasteiger partial charge on any atom is 0.267 e. The van der Waals surface area contributed by atoms with Crippen LogP contribution in [0.25, 0.3) is 11.7 Å². The number of anilines is 1. The summed E-state index contributed by atoms with van der Waals surface area (Å²) in [6, 6.07) is 15.4. The molecular weight excluding hydrogens is 440 g/mol. The maximum absolute atomic E-state index is 13.2. The summed E-state index contributed by atoms with van der Waals surface area (Å²) in [6.45, 7) is 5.32. The van der Waals surface area contributed by atoms with E-state index in [-0.39, 0.29) is 11.5 Å². The molecule has 0 atom stereocenters. The zero-order chi connectivity index (χ0) is 22.7. The minimum absolute atomic E-state index is 0.178. The number of amides is 1. The average molecular weight is 465 g/mol. The number of thioether (sulfide) groups is 1. The Morgan fingerprint density at radius 3 is 2.62 bits per heavy atom. The van der Waals surface area contributed by atoms with Crippen LogP contribution in [0.15, 0.2) is 64.4 Å². The van der Waals surface area contributed by atoms with Gasteiger partial charge in [-0.1, -0.05) is 74.2 Å². The standard InChI is InChI=1S/C24H24N4O2S2/c1-16(2)15-25-21-18(22(29)27-12-7-6-10-20(27)26-21)14-19-23(30)28(24(31)32-19)13-11-17-8-4-3-5-9-17/h3-10,12,14,16,25H,11,13,15H2,1-2H3/b19-14+. The molecule has 1 N–H and O–H groups in total. The first-order valence-corrected chi connectivity index (χ1v) is 11.7. The highest BCUT2D eigenvalue weighted by Crippen LogP contribution is 2.33. The second-order valence-electron chi connectivity index (χ2n) is 7.95. The van der Waals surface area contributed by atoms with Crippen molar-refractivity contribution in [1.29, 1.82) is 0 Å². The Hall–Kier alpha value is -2.97. The summed E-state index contributed by atoms with van der Waals surface area (Å²) in [7, 11) is 0. The summed E-state index contributed by atoms with van der Waals surface area (Å²) in [4.78, 5) is 33.0. The van der Waals surface area contributed by atoms with E-state index in [1.54, 1.807) is 29.3 Å². The Morgan fingerprint density at radius 1 is 1.12 bits per heavy atom. The van der Waals surface area contributed by atoms with Crippen molar-refractivity contribution in [3.05, 3.63) is 81.1 Å². The molecule has 6 nitrogen and oxygen atoms in total. The van der Waals surface area contributed by atoms with Gasteiger partial charge in [0.15, 0.2) is 0 Å². The molecule has 1 amide bonds. The van der Waals surface area contributed by atoms with E-state index in [2.05, 4.69) is 24.1 Å². The lowest BCUT2D eigenvalue weighted by Gasteiger charge is -2.14. The van der Waals surface area contributed by atoms with Crippen LogP contribution in [0.4, 0.5) is 5.82 Å². The molecular formula is C24H24N4O2S2. The summed E-state index contributed by atoms with van der Waals surface area (Å²) in [6.07, 6.45) is 4.01. The largest absolute Gasteiger partial charge is 0.369 e. The number of carbonyl (C=O) groups is 1. The predicted octanol–water partition coefficient (Wildman–Crippen LogP) is 4.21. The van der Waals surface area contributed by atoms with Crippen LogP contribution in [-0.2, 0) is 11.2 Å². The first kappa shape index (κ1) is 22.2. The Labute approximate surface area is 196 Å². The molecule has 1 aliphatic rings. The molecule has 0 saturated carbocycles. The molecule has 3 aromatic rings. The number of fused-ring (bicyclic) bond motifs is 1. The highest BCUT2D eigenvalue weighted by atomic mass is 32.2. The molecule has 2 aromatic heterocycles. The van der Waals surface area contributed by atoms with Gasteiger partial charge in [-0.25, -0.2) is 4.98 Å². The highest BCUT2D eigenvalue weighted by molar-refractivity contribution is 8.26. The molecule has 0 radical (unpaired) electrons. The van der Waals surface area contributed by atoms with E-state index in [9.17, 15) is 9.59 Å². The zero-order valence-electron chi connectivity index (χ0n) is 17.9. The topological polar surface area (TPSA) is 66.7 Å². The lowest BCUT2D eigenvalue weighted by molar-refractivity contribution is -0.122. The number of hydrogen-bond donors (Lipinski definition) is 1. The van der Waals surface area contributed by atoms with Crippen LogP contribution in [0.2, 0.25) is 0 Å². The predicted molar refractivity (Wildman–Crippen MR) is 135 cm³/mol. The molecule has 1 fully saturated rings. The van der Waals surface area contributed by atoms with Crippen LogP contribution in [0.1, 0.15) is 25.0 Å². The number of nitrogens with one attached hydrogen (secondary N) is 1. The highest BCUT2D eigenvalue weighted by Gasteiger charge is 2.32. The zero-order valence-corrected chi connectivity index (χ0v) is 19.6. The fraction of sp³-hybridized carbons (Fsp3) is 0.250. The summed E-state index contributed by atoms with van der Waals surface area (Å²) < 4.78 is 1.99. The Balaban J connectivity index is 1.66. The van der Waals surface area contributed by atoms with Crippen LogP contribution >= 0.6 is 24.0 Å². The summed E-state index contributed by atoms with van der Waals surface area (Å²) in [5.41, 5.74) is 1.83. The number of benzene rings is 1. The quantitative estimate of drug-likeness (QED) is 0.417. The van der Waals surface area contributed by atoms with Gasteiger partial charge < -0.3 is 5.32 Å². The number of aromatic nitrogens is 2. The third-order valence-corrected chi connectivity index (χ3v) is 6.44. The van der Waals surface area contributed by atoms with Gasteiger partial charge in [0.05, 0.1) is 10.5 Å². The Kier molecular flexibility index (Phi) is 6.72. The van der Waals surface area contributed by atoms with Crippen LogP contribution in [0.5, 0.6) is 0 Å². The number of hydrogen-bond acceptors (Lipinski definition) is 6. The van der Waals surface area contributed by atoms with E-state index >= 15 is 0 Å². The van der Waals surface area contributed by atoms with Gasteiger partial charge in [0.25, 0.3) is 11.5 Å². The van der Waals surface area contributed by atoms with Gasteiger partial charge in [0, 0.05) is 19.3 Å². The first-order valence-electron chi connectivity index (χ1n) is 10.5. The number of rotatable bonds is 7. The Bertz CT molecular complexity index is 1250. The van der Waals surface area contributed by atoms with E-state index in [1.807, 2.05) is 36.4 Å². The molecule has 1 aromatic carbocycles. The lowest BCUT2D eigenvalue weighted by Crippen LogP contribution is -2.30. The van der Waals surface area contributed by atoms with Crippen molar-refractivity contribution in [3.63, 3.8) is 0 Å². The average Bonchev–Trinajstić information content (AvgIpc) is 3.06. The normalized spacial score (nSPS) is 15.3. The van der Waals surface area contributed by atoms with E-state index in [0.29, 0.717) is 51.7 Å². The molecule has 4 rings (SSSR count). The van der Waals surface area contributed by atoms with E-state index in [0.717, 1.165) is 5.56 Å². The molecule has 0 unspecified atom stereocenters. The van der Waals surface area contributed by atoms with Gasteiger partial charge in [0.1, 0.15) is 15.8 Å². The van der Waals surface area contributed by atoms with Crippen molar-refractivity contribution in [3.8, 4) is 0 Å². The molecule has 1 saturated heterocycles. The van der Waals surface area contributed by atoms with Crippen LogP contribution in [0, 0.1) is 5.92 Å². The Morgan fingerprint density at radius 2 is 1.88 bits per heavy atom. The van der Waals surface area contributed by atoms with Gasteiger partial charge in [0.2, 0.25) is 0 Å². The van der Waals surface area contributed by atoms with Crippen molar-refractivity contribution in [1.82, 2.24) is 14.3 Å². The number of thiocarbonyl (C=S) groups is 1. The van der Waals surface area contributed by atoms with Crippen LogP contribution in [-0.4, -0.2) is 37.6 Å². The van der Waals surface area contributed by atoms with Crippen molar-refractivity contribution >= 4 is 51.7 Å². The summed E-state index contributed by atoms with van der Waals surface area (Å²) >= 11 is 6.69. The second-order valence-corrected chi connectivity index (χ2v) is 9.63. The molecule has 8 heteroatoms. The third-order valence-electron chi connectivity index (χ3n) is 5.06. The van der Waals surface area contributed by atoms with Crippen molar-refractivity contribution in [2.24, 2.45) is 5.92 Å². The van der Waals surface area contributed by atoms with E-state index in [1.165, 1.54) is 16.2 Å². The molecule has 164 valence electrons. The molecule has 0 aliphatic carbocycles. The van der Waals surface area contributed by atoms with E-state index in [4.69, 9.17) is 12.2 Å². The molecule has 1 aliphatic heterocycles. The minimum atomic E-state index is -0.226. The fourth-order valence-electron chi connectivity index (χ4n) is 3.38. The second kappa shape index (κ2) is 9.67. The smallest absolute Gasteiger partial charge is 0.267 e. The SMILES string of the molecule is CC(C)CNc1nc2ccccn2c(=O)c1/C=C1/SC(=S)N(CCc2ccccc2)C1=O. The molecule has 3 heterocycles. The maximum atomic E-state index is 13.2. The molecule has 32 heavy (non-hydrogen) atoms. The van der Waals surface area contributed by atoms with Crippen molar-refractivity contribution in [2.75, 3.05) is 18.4 Å². The number of carbonyl (C=O) groups excluding carboxylic acids is 1. The first-order chi connectivity index (χ1) is 15.4. The van der Waals surface area contributed by atoms with Crippen LogP contribution in [0.3, 0.4) is 0 Å². The van der Waals surface area contributed by atoms with Gasteiger partial charge in [-0.15, -0.1) is 0 Å². The van der Waals surface area contributed by atoms with Crippen molar-refractivity contribution < 1.29 is 4.79 Å². The van der Waals surface area contributed by atoms with E-state index < -0.39 is 0 Å². The van der Waals surface area contributed by atoms with Gasteiger partial charge >= 0.3 is 0 Å². The third kappa shape index (κ3) is 4.76. The van der Waals surface area contributed by atoms with Crippen LogP contribution < -0.4 is 10.9 Å². The fourth-order valence-corrected chi connectivity index (χ4v) is 4.67. The molecule has 0 spiro atoms. The summed E-state index contributed by atoms with van der Waals surface area (Å²) in [5.74, 6) is 0.669.